The van der Waals surface area contributed by atoms with E-state index in [0.717, 1.165) is 21.5 Å². The molecule has 3 saturated heterocycles. The number of pyridine rings is 2. The van der Waals surface area contributed by atoms with Gasteiger partial charge in [-0.15, -0.1) is 10.2 Å². The predicted octanol–water partition coefficient (Wildman–Crippen LogP) is 6.94. The number of anilines is 2. The van der Waals surface area contributed by atoms with Crippen LogP contribution in [0.25, 0.3) is 34.2 Å². The average Bonchev–Trinajstić information content (AvgIpc) is 4.05. The summed E-state index contributed by atoms with van der Waals surface area (Å²) in [6, 6.07) is 10.8. The lowest BCUT2D eigenvalue weighted by Crippen LogP contribution is -2.41. The molecule has 0 radical (unpaired) electrons. The molecule has 0 amide bonds. The van der Waals surface area contributed by atoms with Gasteiger partial charge in [0.25, 0.3) is 0 Å². The standard InChI is InChI=1S/C18H19BF2N6O2.C13H26B2O4.C12H7BrF2N6/c1-17(2)18(3,4)29-19(28-17)10-8-11(15(22)23-9-10)16-24-25-26-27(16)13-7-5-6-12(20)14(13)21;1-10(2)11(3,4)17-14(16-10)9-15-18-12(5,6)13(7,8)19-15;13-6-4-7(11(16)17-5-6)12-18-19-20-21(12)9-3-1-2-8(14)10(9)15/h5-9H,1-4H3,(H2,22,23);9H2,1-8H3;1-5H,(H2,16,17). The molecule has 6 aromatic rings. The molecule has 26 heteroatoms. The maximum absolute atomic E-state index is 14.3. The van der Waals surface area contributed by atoms with Crippen molar-refractivity contribution in [3.63, 3.8) is 0 Å². The molecule has 0 aliphatic carbocycles. The summed E-state index contributed by atoms with van der Waals surface area (Å²) in [7, 11) is -1.23. The quantitative estimate of drug-likeness (QED) is 0.122. The summed E-state index contributed by atoms with van der Waals surface area (Å²) >= 11 is 3.26. The smallest absolute Gasteiger partial charge is 0.404 e. The highest BCUT2D eigenvalue weighted by Crippen LogP contribution is 2.42. The molecule has 0 unspecified atom stereocenters. The number of nitrogen functional groups attached to an aromatic ring is 2. The maximum atomic E-state index is 14.3. The third-order valence-electron chi connectivity index (χ3n) is 13.1. The molecule has 3 aliphatic heterocycles. The highest BCUT2D eigenvalue weighted by atomic mass is 79.9. The molecule has 2 aromatic carbocycles. The first kappa shape index (κ1) is 51.5. The predicted molar refractivity (Wildman–Crippen MR) is 254 cm³/mol. The van der Waals surface area contributed by atoms with E-state index in [2.05, 4.69) is 112 Å². The van der Waals surface area contributed by atoms with E-state index in [1.54, 1.807) is 12.1 Å². The molecule has 18 nitrogen and oxygen atoms in total. The van der Waals surface area contributed by atoms with Crippen molar-refractivity contribution in [1.82, 2.24) is 50.4 Å². The lowest BCUT2D eigenvalue weighted by atomic mass is 9.64. The van der Waals surface area contributed by atoms with E-state index < -0.39 is 41.6 Å². The van der Waals surface area contributed by atoms with Crippen LogP contribution < -0.4 is 16.9 Å². The van der Waals surface area contributed by atoms with Crippen LogP contribution in [0.5, 0.6) is 0 Å². The lowest BCUT2D eigenvalue weighted by molar-refractivity contribution is 0.00578. The molecule has 0 saturated carbocycles. The number of nitrogens with two attached hydrogens (primary N) is 2. The van der Waals surface area contributed by atoms with Gasteiger partial charge in [0.1, 0.15) is 23.0 Å². The Morgan fingerprint density at radius 3 is 1.35 bits per heavy atom. The number of halogens is 5. The van der Waals surface area contributed by atoms with Crippen molar-refractivity contribution in [3.8, 4) is 34.2 Å². The van der Waals surface area contributed by atoms with E-state index in [4.69, 9.17) is 39.4 Å². The zero-order valence-electron chi connectivity index (χ0n) is 40.2. The van der Waals surface area contributed by atoms with Gasteiger partial charge in [0.15, 0.2) is 34.9 Å². The van der Waals surface area contributed by atoms with Crippen LogP contribution in [0.15, 0.2) is 65.4 Å². The number of nitrogens with zero attached hydrogens (tertiary/aromatic N) is 10. The summed E-state index contributed by atoms with van der Waals surface area (Å²) in [6.45, 7) is 24.2. The summed E-state index contributed by atoms with van der Waals surface area (Å²) in [5.41, 5.74) is 10.6. The molecule has 9 rings (SSSR count). The second-order valence-corrected chi connectivity index (χ2v) is 20.4. The molecule has 3 aliphatic rings. The van der Waals surface area contributed by atoms with Gasteiger partial charge >= 0.3 is 21.4 Å². The summed E-state index contributed by atoms with van der Waals surface area (Å²) in [5.74, 6) is -3.56. The van der Waals surface area contributed by atoms with Crippen LogP contribution in [0.4, 0.5) is 29.2 Å². The Hall–Kier alpha value is -5.37. The summed E-state index contributed by atoms with van der Waals surface area (Å²) in [6.07, 6.45) is 3.65. The highest BCUT2D eigenvalue weighted by Gasteiger charge is 2.57. The Morgan fingerprint density at radius 2 is 0.928 bits per heavy atom. The van der Waals surface area contributed by atoms with Gasteiger partial charge in [-0.25, -0.2) is 27.5 Å². The summed E-state index contributed by atoms with van der Waals surface area (Å²) in [4.78, 5) is 8.15. The molecule has 0 spiro atoms. The first-order valence-corrected chi connectivity index (χ1v) is 22.5. The Labute approximate surface area is 406 Å². The van der Waals surface area contributed by atoms with Crippen molar-refractivity contribution in [2.24, 2.45) is 0 Å². The van der Waals surface area contributed by atoms with Gasteiger partial charge in [-0.05, 0) is 156 Å². The molecular weight excluding hydrogens is 969 g/mol. The van der Waals surface area contributed by atoms with E-state index in [1.165, 1.54) is 36.7 Å². The van der Waals surface area contributed by atoms with Crippen molar-refractivity contribution < 1.29 is 45.5 Å². The van der Waals surface area contributed by atoms with Crippen LogP contribution in [0.3, 0.4) is 0 Å². The highest BCUT2D eigenvalue weighted by molar-refractivity contribution is 9.10. The molecule has 3 fully saturated rings. The Bertz CT molecular complexity index is 2760. The van der Waals surface area contributed by atoms with Gasteiger partial charge in [-0.2, -0.15) is 9.36 Å². The minimum absolute atomic E-state index is 0.109. The van der Waals surface area contributed by atoms with Crippen LogP contribution in [-0.2, 0) is 27.9 Å². The molecule has 7 heterocycles. The fraction of sp³-hybridized carbons (Fsp3) is 0.442. The number of aromatic nitrogens is 10. The number of tetrazole rings is 2. The molecule has 4 N–H and O–H groups in total. The zero-order valence-corrected chi connectivity index (χ0v) is 41.8. The van der Waals surface area contributed by atoms with Crippen molar-refractivity contribution in [1.29, 1.82) is 0 Å². The fourth-order valence-electron chi connectivity index (χ4n) is 7.03. The minimum Gasteiger partial charge on any atom is -0.404 e. The summed E-state index contributed by atoms with van der Waals surface area (Å²) < 4.78 is 94.0. The Morgan fingerprint density at radius 1 is 0.551 bits per heavy atom. The maximum Gasteiger partial charge on any atom is 0.496 e. The average molecular weight is 1020 g/mol. The third kappa shape index (κ3) is 10.3. The van der Waals surface area contributed by atoms with Crippen LogP contribution in [0.2, 0.25) is 6.22 Å². The van der Waals surface area contributed by atoms with Gasteiger partial charge in [-0.3, -0.25) is 0 Å². The van der Waals surface area contributed by atoms with Crippen molar-refractivity contribution in [2.75, 3.05) is 11.5 Å². The van der Waals surface area contributed by atoms with E-state index in [1.807, 2.05) is 27.7 Å². The second kappa shape index (κ2) is 18.8. The molecule has 0 bridgehead atoms. The van der Waals surface area contributed by atoms with Crippen molar-refractivity contribution in [2.45, 2.75) is 123 Å². The molecular formula is C43H52B3BrF4N12O6. The fourth-order valence-corrected chi connectivity index (χ4v) is 7.37. The molecule has 364 valence electrons. The third-order valence-corrected chi connectivity index (χ3v) is 13.5. The van der Waals surface area contributed by atoms with E-state index in [0.29, 0.717) is 27.3 Å². The number of hydrogen-bond donors (Lipinski definition) is 2. The van der Waals surface area contributed by atoms with Gasteiger partial charge < -0.3 is 39.4 Å². The minimum atomic E-state index is -1.07. The van der Waals surface area contributed by atoms with Crippen LogP contribution in [-0.4, -0.2) is 105 Å². The van der Waals surface area contributed by atoms with Crippen LogP contribution in [0, 0.1) is 23.3 Å². The SMILES string of the molecule is CC1(C)OB(CB2OC(C)(C)C(C)(C)O2)OC1(C)C.CC1(C)OB(c2cnc(N)c(-c3nnnn3-c3cccc(F)c3F)c2)OC1(C)C.Nc1ncc(Br)cc1-c1nnnn1-c1cccc(F)c1F. The van der Waals surface area contributed by atoms with Gasteiger partial charge in [0, 0.05) is 28.5 Å². The van der Waals surface area contributed by atoms with E-state index >= 15 is 0 Å². The van der Waals surface area contributed by atoms with E-state index in [-0.39, 0.29) is 71.3 Å². The number of hydrogen-bond acceptors (Lipinski definition) is 16. The Kier molecular flexibility index (Phi) is 14.0. The van der Waals surface area contributed by atoms with E-state index in [9.17, 15) is 17.6 Å². The first-order valence-electron chi connectivity index (χ1n) is 21.7. The van der Waals surface area contributed by atoms with Crippen molar-refractivity contribution in [3.05, 3.63) is 88.7 Å². The number of rotatable bonds is 7. The zero-order chi connectivity index (χ0) is 50.6. The molecule has 4 aromatic heterocycles. The second-order valence-electron chi connectivity index (χ2n) is 19.5. The monoisotopic (exact) mass is 1020 g/mol. The molecule has 0 atom stereocenters. The largest absolute Gasteiger partial charge is 0.496 e. The normalized spacial score (nSPS) is 19.2. The first-order chi connectivity index (χ1) is 32.0. The number of benzene rings is 2. The Balaban J connectivity index is 0.000000157. The van der Waals surface area contributed by atoms with Gasteiger partial charge in [-0.1, -0.05) is 12.1 Å². The molecule has 69 heavy (non-hydrogen) atoms. The van der Waals surface area contributed by atoms with Crippen molar-refractivity contribution >= 4 is 54.4 Å². The van der Waals surface area contributed by atoms with Crippen LogP contribution in [0.1, 0.15) is 83.1 Å². The lowest BCUT2D eigenvalue weighted by Gasteiger charge is -2.32. The summed E-state index contributed by atoms with van der Waals surface area (Å²) in [5, 5.41) is 22.3. The van der Waals surface area contributed by atoms with Gasteiger partial charge in [0.05, 0.1) is 44.7 Å². The van der Waals surface area contributed by atoms with Crippen LogP contribution >= 0.6 is 15.9 Å². The topological polar surface area (TPSA) is 220 Å². The van der Waals surface area contributed by atoms with Gasteiger partial charge in [0.2, 0.25) is 0 Å².